The van der Waals surface area contributed by atoms with Crippen LogP contribution in [0.4, 0.5) is 23.2 Å². The summed E-state index contributed by atoms with van der Waals surface area (Å²) in [5.41, 5.74) is -0.424. The summed E-state index contributed by atoms with van der Waals surface area (Å²) in [6.45, 7) is 0.132. The van der Waals surface area contributed by atoms with Gasteiger partial charge in [0.1, 0.15) is 22.4 Å². The van der Waals surface area contributed by atoms with Crippen molar-refractivity contribution in [3.8, 4) is 0 Å². The molecule has 2 aromatic rings. The van der Waals surface area contributed by atoms with Gasteiger partial charge in [0.25, 0.3) is 5.91 Å². The number of sulfonamides is 1. The molecule has 0 bridgehead atoms. The maximum atomic E-state index is 15.1. The minimum absolute atomic E-state index is 0.0544. The van der Waals surface area contributed by atoms with Crippen LogP contribution in [0.25, 0.3) is 0 Å². The standard InChI is InChI=1S/C23H21F4N5O5S/c24-16-10-15-13(12-32(22(15)35)17-2-4-20(33)29-21(17)34)9-18(16)30-5-7-31(8-6-30)38(36,37)14-1-3-19(28-11-14)23(25,26)27/h1,3,9-11,17H,2,4-8,12H2,(H,29,33,34). The fourth-order valence-corrected chi connectivity index (χ4v) is 6.21. The first kappa shape index (κ1) is 26.0. The van der Waals surface area contributed by atoms with E-state index in [-0.39, 0.29) is 61.7 Å². The molecule has 3 amide bonds. The number of imide groups is 1. The summed E-state index contributed by atoms with van der Waals surface area (Å²) in [7, 11) is -4.12. The average molecular weight is 556 g/mol. The van der Waals surface area contributed by atoms with Crippen LogP contribution in [0.2, 0.25) is 0 Å². The molecule has 2 fully saturated rings. The molecular weight excluding hydrogens is 534 g/mol. The Labute approximate surface area is 214 Å². The van der Waals surface area contributed by atoms with Gasteiger partial charge in [-0.15, -0.1) is 0 Å². The van der Waals surface area contributed by atoms with Crippen LogP contribution in [0.15, 0.2) is 35.4 Å². The Morgan fingerprint density at radius 1 is 1.03 bits per heavy atom. The highest BCUT2D eigenvalue weighted by Crippen LogP contribution is 2.33. The number of fused-ring (bicyclic) bond motifs is 1. The third-order valence-corrected chi connectivity index (χ3v) is 8.72. The number of halogens is 4. The average Bonchev–Trinajstić information content (AvgIpc) is 3.18. The molecule has 38 heavy (non-hydrogen) atoms. The van der Waals surface area contributed by atoms with Crippen molar-refractivity contribution in [2.24, 2.45) is 0 Å². The molecule has 10 nitrogen and oxygen atoms in total. The molecule has 0 radical (unpaired) electrons. The molecule has 2 saturated heterocycles. The highest BCUT2D eigenvalue weighted by molar-refractivity contribution is 7.89. The molecule has 0 spiro atoms. The Morgan fingerprint density at radius 2 is 1.74 bits per heavy atom. The number of piperidine rings is 1. The number of nitrogens with one attached hydrogen (secondary N) is 1. The predicted octanol–water partition coefficient (Wildman–Crippen LogP) is 1.51. The number of carbonyl (C=O) groups is 3. The molecule has 3 aliphatic rings. The zero-order chi connectivity index (χ0) is 27.4. The molecule has 0 saturated carbocycles. The number of carbonyl (C=O) groups excluding carboxylic acids is 3. The van der Waals surface area contributed by atoms with Crippen LogP contribution in [0.3, 0.4) is 0 Å². The lowest BCUT2D eigenvalue weighted by atomic mass is 10.0. The van der Waals surface area contributed by atoms with E-state index in [9.17, 15) is 36.0 Å². The Hall–Kier alpha value is -3.59. The summed E-state index contributed by atoms with van der Waals surface area (Å²) in [5, 5.41) is 2.20. The van der Waals surface area contributed by atoms with Gasteiger partial charge in [-0.3, -0.25) is 24.7 Å². The number of piperazine rings is 1. The fraction of sp³-hybridized carbons (Fsp3) is 0.391. The van der Waals surface area contributed by atoms with E-state index in [0.29, 0.717) is 17.8 Å². The van der Waals surface area contributed by atoms with Crippen molar-refractivity contribution in [3.63, 3.8) is 0 Å². The summed E-state index contributed by atoms with van der Waals surface area (Å²) in [4.78, 5) is 42.3. The topological polar surface area (TPSA) is 120 Å². The van der Waals surface area contributed by atoms with Crippen molar-refractivity contribution in [3.05, 3.63) is 53.1 Å². The van der Waals surface area contributed by atoms with Gasteiger partial charge in [-0.1, -0.05) is 0 Å². The zero-order valence-corrected chi connectivity index (χ0v) is 20.5. The van der Waals surface area contributed by atoms with E-state index in [1.54, 1.807) is 4.90 Å². The summed E-state index contributed by atoms with van der Waals surface area (Å²) in [5.74, 6) is -2.20. The van der Waals surface area contributed by atoms with Gasteiger partial charge in [0.05, 0.1) is 5.69 Å². The van der Waals surface area contributed by atoms with Crippen molar-refractivity contribution in [2.75, 3.05) is 31.1 Å². The van der Waals surface area contributed by atoms with Gasteiger partial charge in [-0.25, -0.2) is 12.8 Å². The lowest BCUT2D eigenvalue weighted by Crippen LogP contribution is -2.52. The van der Waals surface area contributed by atoms with Crippen molar-refractivity contribution < 1.29 is 40.4 Å². The third kappa shape index (κ3) is 4.60. The first-order valence-corrected chi connectivity index (χ1v) is 13.1. The number of hydrogen-bond donors (Lipinski definition) is 1. The van der Waals surface area contributed by atoms with E-state index >= 15 is 4.39 Å². The number of pyridine rings is 1. The predicted molar refractivity (Wildman–Crippen MR) is 123 cm³/mol. The molecule has 3 aliphatic heterocycles. The highest BCUT2D eigenvalue weighted by atomic mass is 32.2. The molecule has 1 N–H and O–H groups in total. The molecule has 5 rings (SSSR count). The van der Waals surface area contributed by atoms with Crippen LogP contribution in [-0.4, -0.2) is 72.5 Å². The Kier molecular flexibility index (Phi) is 6.38. The van der Waals surface area contributed by atoms with Crippen LogP contribution in [0, 0.1) is 5.82 Å². The largest absolute Gasteiger partial charge is 0.433 e. The van der Waals surface area contributed by atoms with Gasteiger partial charge in [0.15, 0.2) is 0 Å². The fourth-order valence-electron chi connectivity index (χ4n) is 4.84. The lowest BCUT2D eigenvalue weighted by molar-refractivity contribution is -0.141. The molecule has 1 atom stereocenters. The molecule has 1 aromatic heterocycles. The molecule has 4 heterocycles. The first-order valence-electron chi connectivity index (χ1n) is 11.6. The quantitative estimate of drug-likeness (QED) is 0.449. The number of anilines is 1. The number of aromatic nitrogens is 1. The maximum Gasteiger partial charge on any atom is 0.433 e. The van der Waals surface area contributed by atoms with Crippen molar-refractivity contribution in [1.29, 1.82) is 0 Å². The van der Waals surface area contributed by atoms with E-state index in [1.807, 2.05) is 0 Å². The molecule has 0 aliphatic carbocycles. The van der Waals surface area contributed by atoms with Gasteiger partial charge in [-0.05, 0) is 36.2 Å². The van der Waals surface area contributed by atoms with Crippen molar-refractivity contribution in [1.82, 2.24) is 19.5 Å². The van der Waals surface area contributed by atoms with Crippen molar-refractivity contribution in [2.45, 2.75) is 36.5 Å². The van der Waals surface area contributed by atoms with Gasteiger partial charge < -0.3 is 9.80 Å². The summed E-state index contributed by atoms with van der Waals surface area (Å²) in [6.07, 6.45) is -3.77. The lowest BCUT2D eigenvalue weighted by Gasteiger charge is -2.35. The second-order valence-electron chi connectivity index (χ2n) is 9.13. The summed E-state index contributed by atoms with van der Waals surface area (Å²) >= 11 is 0. The number of rotatable bonds is 4. The molecule has 1 unspecified atom stereocenters. The van der Waals surface area contributed by atoms with Crippen LogP contribution >= 0.6 is 0 Å². The number of benzene rings is 1. The van der Waals surface area contributed by atoms with E-state index in [4.69, 9.17) is 0 Å². The van der Waals surface area contributed by atoms with Crippen molar-refractivity contribution >= 4 is 33.4 Å². The second kappa shape index (κ2) is 9.31. The number of alkyl halides is 3. The van der Waals surface area contributed by atoms with E-state index in [1.165, 1.54) is 11.0 Å². The minimum atomic E-state index is -4.70. The van der Waals surface area contributed by atoms with Crippen LogP contribution in [0.1, 0.15) is 34.5 Å². The summed E-state index contributed by atoms with van der Waals surface area (Å²) < 4.78 is 80.2. The highest BCUT2D eigenvalue weighted by Gasteiger charge is 2.40. The minimum Gasteiger partial charge on any atom is -0.367 e. The van der Waals surface area contributed by atoms with Gasteiger partial charge in [0, 0.05) is 50.9 Å². The maximum absolute atomic E-state index is 15.1. The van der Waals surface area contributed by atoms with E-state index in [2.05, 4.69) is 10.3 Å². The summed E-state index contributed by atoms with van der Waals surface area (Å²) in [6, 6.07) is 3.20. The van der Waals surface area contributed by atoms with E-state index in [0.717, 1.165) is 16.4 Å². The third-order valence-electron chi connectivity index (χ3n) is 6.83. The van der Waals surface area contributed by atoms with E-state index < -0.39 is 51.5 Å². The SMILES string of the molecule is O=C1CCC(N2Cc3cc(N4CCN(S(=O)(=O)c5ccc(C(F)(F)F)nc5)CC4)c(F)cc3C2=O)C(=O)N1. The monoisotopic (exact) mass is 555 g/mol. The van der Waals surface area contributed by atoms with Gasteiger partial charge >= 0.3 is 6.18 Å². The van der Waals surface area contributed by atoms with Crippen LogP contribution < -0.4 is 10.2 Å². The first-order chi connectivity index (χ1) is 17.9. The number of hydrogen-bond acceptors (Lipinski definition) is 7. The normalized spacial score (nSPS) is 21.1. The molecule has 15 heteroatoms. The zero-order valence-electron chi connectivity index (χ0n) is 19.7. The molecule has 202 valence electrons. The Morgan fingerprint density at radius 3 is 2.34 bits per heavy atom. The van der Waals surface area contributed by atoms with Gasteiger partial charge in [-0.2, -0.15) is 17.5 Å². The number of nitrogens with zero attached hydrogens (tertiary/aromatic N) is 4. The molecule has 1 aromatic carbocycles. The van der Waals surface area contributed by atoms with Gasteiger partial charge in [0.2, 0.25) is 21.8 Å². The Bertz CT molecular complexity index is 1420. The Balaban J connectivity index is 1.29. The molecular formula is C23H21F4N5O5S. The smallest absolute Gasteiger partial charge is 0.367 e. The second-order valence-corrected chi connectivity index (χ2v) is 11.1. The van der Waals surface area contributed by atoms with Crippen LogP contribution in [-0.2, 0) is 32.3 Å². The number of amides is 3. The van der Waals surface area contributed by atoms with Crippen LogP contribution in [0.5, 0.6) is 0 Å².